The van der Waals surface area contributed by atoms with E-state index < -0.39 is 0 Å². The highest BCUT2D eigenvalue weighted by molar-refractivity contribution is 5.92. The first-order chi connectivity index (χ1) is 12.7. The molecular formula is C18H19N7O. The standard InChI is InChI=1S/C18H19N7O/c1-12-8-16(23-21-12)18(26)20-9-13-10-25(11-13)17-3-2-15(22-24-17)14-4-6-19-7-5-14/h2-8,13H,9-11H2,1H3,(H,20,26)(H,21,23). The Morgan fingerprint density at radius 1 is 1.23 bits per heavy atom. The zero-order valence-electron chi connectivity index (χ0n) is 14.4. The lowest BCUT2D eigenvalue weighted by atomic mass is 10.00. The van der Waals surface area contributed by atoms with Crippen LogP contribution in [0.3, 0.4) is 0 Å². The Balaban J connectivity index is 1.27. The van der Waals surface area contributed by atoms with Gasteiger partial charge in [-0.1, -0.05) is 0 Å². The van der Waals surface area contributed by atoms with Gasteiger partial charge >= 0.3 is 0 Å². The normalized spacial score (nSPS) is 14.1. The Labute approximate surface area is 150 Å². The number of carbonyl (C=O) groups excluding carboxylic acids is 1. The van der Waals surface area contributed by atoms with E-state index in [4.69, 9.17) is 0 Å². The van der Waals surface area contributed by atoms with Gasteiger partial charge in [-0.15, -0.1) is 10.2 Å². The lowest BCUT2D eigenvalue weighted by Gasteiger charge is -2.39. The van der Waals surface area contributed by atoms with Crippen molar-refractivity contribution in [2.45, 2.75) is 6.92 Å². The number of aryl methyl sites for hydroxylation is 1. The van der Waals surface area contributed by atoms with Gasteiger partial charge in [-0.3, -0.25) is 14.9 Å². The van der Waals surface area contributed by atoms with Crippen molar-refractivity contribution in [3.63, 3.8) is 0 Å². The van der Waals surface area contributed by atoms with Gasteiger partial charge in [-0.05, 0) is 37.3 Å². The molecule has 4 rings (SSSR count). The average Bonchev–Trinajstić information content (AvgIpc) is 3.08. The van der Waals surface area contributed by atoms with Crippen molar-refractivity contribution in [1.82, 2.24) is 30.7 Å². The number of carbonyl (C=O) groups is 1. The Hall–Kier alpha value is -3.29. The molecule has 132 valence electrons. The van der Waals surface area contributed by atoms with Crippen LogP contribution >= 0.6 is 0 Å². The molecule has 0 aliphatic carbocycles. The second kappa shape index (κ2) is 6.91. The highest BCUT2D eigenvalue weighted by Gasteiger charge is 2.28. The number of amides is 1. The number of nitrogens with zero attached hydrogens (tertiary/aromatic N) is 5. The van der Waals surface area contributed by atoms with Crippen LogP contribution < -0.4 is 10.2 Å². The zero-order valence-corrected chi connectivity index (χ0v) is 14.4. The van der Waals surface area contributed by atoms with Crippen LogP contribution in [0.25, 0.3) is 11.3 Å². The summed E-state index contributed by atoms with van der Waals surface area (Å²) in [5, 5.41) is 18.3. The van der Waals surface area contributed by atoms with E-state index in [9.17, 15) is 4.79 Å². The van der Waals surface area contributed by atoms with Gasteiger partial charge in [0.15, 0.2) is 5.82 Å². The fraction of sp³-hybridized carbons (Fsp3) is 0.278. The summed E-state index contributed by atoms with van der Waals surface area (Å²) < 4.78 is 0. The maximum Gasteiger partial charge on any atom is 0.271 e. The molecule has 0 spiro atoms. The summed E-state index contributed by atoms with van der Waals surface area (Å²) in [6.07, 6.45) is 3.48. The Kier molecular flexibility index (Phi) is 4.30. The van der Waals surface area contributed by atoms with Crippen LogP contribution in [-0.2, 0) is 0 Å². The minimum absolute atomic E-state index is 0.144. The molecule has 8 heteroatoms. The van der Waals surface area contributed by atoms with E-state index in [-0.39, 0.29) is 5.91 Å². The van der Waals surface area contributed by atoms with Crippen LogP contribution in [-0.4, -0.2) is 50.9 Å². The van der Waals surface area contributed by atoms with Crippen molar-refractivity contribution >= 4 is 11.7 Å². The van der Waals surface area contributed by atoms with Crippen molar-refractivity contribution in [2.75, 3.05) is 24.5 Å². The van der Waals surface area contributed by atoms with Crippen molar-refractivity contribution in [1.29, 1.82) is 0 Å². The molecular weight excluding hydrogens is 330 g/mol. The fourth-order valence-corrected chi connectivity index (χ4v) is 2.92. The van der Waals surface area contributed by atoms with Crippen LogP contribution in [0.4, 0.5) is 5.82 Å². The molecule has 3 aromatic heterocycles. The van der Waals surface area contributed by atoms with E-state index in [0.29, 0.717) is 18.2 Å². The summed E-state index contributed by atoms with van der Waals surface area (Å²) in [5.74, 6) is 1.11. The molecule has 1 fully saturated rings. The van der Waals surface area contributed by atoms with E-state index in [1.807, 2.05) is 31.2 Å². The number of hydrogen-bond donors (Lipinski definition) is 2. The largest absolute Gasteiger partial charge is 0.354 e. The molecule has 0 aromatic carbocycles. The first kappa shape index (κ1) is 16.2. The third kappa shape index (κ3) is 3.39. The van der Waals surface area contributed by atoms with Crippen LogP contribution in [0.2, 0.25) is 0 Å². The summed E-state index contributed by atoms with van der Waals surface area (Å²) >= 11 is 0. The summed E-state index contributed by atoms with van der Waals surface area (Å²) in [6, 6.07) is 9.50. The van der Waals surface area contributed by atoms with Gasteiger partial charge in [0, 0.05) is 49.2 Å². The van der Waals surface area contributed by atoms with Gasteiger partial charge in [-0.2, -0.15) is 5.10 Å². The third-order valence-corrected chi connectivity index (χ3v) is 4.40. The van der Waals surface area contributed by atoms with Crippen LogP contribution in [0, 0.1) is 12.8 Å². The van der Waals surface area contributed by atoms with Gasteiger partial charge in [0.1, 0.15) is 5.69 Å². The Morgan fingerprint density at radius 2 is 2.04 bits per heavy atom. The minimum atomic E-state index is -0.144. The molecule has 4 heterocycles. The predicted molar refractivity (Wildman–Crippen MR) is 96.6 cm³/mol. The molecule has 1 saturated heterocycles. The lowest BCUT2D eigenvalue weighted by molar-refractivity contribution is 0.0939. The molecule has 1 aliphatic heterocycles. The minimum Gasteiger partial charge on any atom is -0.354 e. The number of pyridine rings is 1. The third-order valence-electron chi connectivity index (χ3n) is 4.40. The maximum atomic E-state index is 12.0. The lowest BCUT2D eigenvalue weighted by Crippen LogP contribution is -2.52. The molecule has 3 aromatic rings. The van der Waals surface area contributed by atoms with Crippen molar-refractivity contribution in [3.8, 4) is 11.3 Å². The number of anilines is 1. The van der Waals surface area contributed by atoms with Gasteiger partial charge in [0.2, 0.25) is 0 Å². The summed E-state index contributed by atoms with van der Waals surface area (Å²) in [7, 11) is 0. The number of H-pyrrole nitrogens is 1. The molecule has 0 bridgehead atoms. The number of hydrogen-bond acceptors (Lipinski definition) is 6. The van der Waals surface area contributed by atoms with Crippen LogP contribution in [0.5, 0.6) is 0 Å². The van der Waals surface area contributed by atoms with Crippen molar-refractivity contribution < 1.29 is 4.79 Å². The van der Waals surface area contributed by atoms with Gasteiger partial charge in [0.05, 0.1) is 5.69 Å². The van der Waals surface area contributed by atoms with Gasteiger partial charge in [-0.25, -0.2) is 0 Å². The highest BCUT2D eigenvalue weighted by atomic mass is 16.1. The monoisotopic (exact) mass is 349 g/mol. The second-order valence-corrected chi connectivity index (χ2v) is 6.43. The average molecular weight is 349 g/mol. The molecule has 8 nitrogen and oxygen atoms in total. The maximum absolute atomic E-state index is 12.0. The van der Waals surface area contributed by atoms with E-state index in [1.165, 1.54) is 0 Å². The highest BCUT2D eigenvalue weighted by Crippen LogP contribution is 2.23. The van der Waals surface area contributed by atoms with Crippen LogP contribution in [0.15, 0.2) is 42.7 Å². The molecule has 1 amide bonds. The van der Waals surface area contributed by atoms with Gasteiger partial charge < -0.3 is 10.2 Å². The fourth-order valence-electron chi connectivity index (χ4n) is 2.92. The SMILES string of the molecule is Cc1cc(C(=O)NCC2CN(c3ccc(-c4ccncc4)nn3)C2)n[nH]1. The molecule has 26 heavy (non-hydrogen) atoms. The van der Waals surface area contributed by atoms with E-state index in [1.54, 1.807) is 18.5 Å². The first-order valence-electron chi connectivity index (χ1n) is 8.48. The predicted octanol–water partition coefficient (Wildman–Crippen LogP) is 1.44. The quantitative estimate of drug-likeness (QED) is 0.723. The summed E-state index contributed by atoms with van der Waals surface area (Å²) in [6.45, 7) is 4.20. The molecule has 2 N–H and O–H groups in total. The van der Waals surface area contributed by atoms with Crippen molar-refractivity contribution in [3.05, 3.63) is 54.1 Å². The molecule has 0 unspecified atom stereocenters. The van der Waals surface area contributed by atoms with Crippen molar-refractivity contribution in [2.24, 2.45) is 5.92 Å². The van der Waals surface area contributed by atoms with E-state index in [0.717, 1.165) is 35.9 Å². The Bertz CT molecular complexity index is 885. The second-order valence-electron chi connectivity index (χ2n) is 6.43. The number of rotatable bonds is 5. The number of nitrogens with one attached hydrogen (secondary N) is 2. The molecule has 0 saturated carbocycles. The Morgan fingerprint density at radius 3 is 2.69 bits per heavy atom. The van der Waals surface area contributed by atoms with Crippen LogP contribution in [0.1, 0.15) is 16.2 Å². The molecule has 1 aliphatic rings. The zero-order chi connectivity index (χ0) is 17.9. The number of aromatic nitrogens is 5. The molecule has 0 atom stereocenters. The van der Waals surface area contributed by atoms with Gasteiger partial charge in [0.25, 0.3) is 5.91 Å². The summed E-state index contributed by atoms with van der Waals surface area (Å²) in [5.41, 5.74) is 3.13. The molecule has 0 radical (unpaired) electrons. The van der Waals surface area contributed by atoms with E-state index in [2.05, 4.69) is 35.6 Å². The smallest absolute Gasteiger partial charge is 0.271 e. The number of aromatic amines is 1. The topological polar surface area (TPSA) is 99.7 Å². The first-order valence-corrected chi connectivity index (χ1v) is 8.48. The van der Waals surface area contributed by atoms with E-state index >= 15 is 0 Å². The summed E-state index contributed by atoms with van der Waals surface area (Å²) in [4.78, 5) is 18.1.